The van der Waals surface area contributed by atoms with Crippen LogP contribution in [0.25, 0.3) is 4.48 Å². The summed E-state index contributed by atoms with van der Waals surface area (Å²) in [5, 5.41) is 21.6. The molecule has 9 heteroatoms. The van der Waals surface area contributed by atoms with Crippen molar-refractivity contribution in [3.63, 3.8) is 0 Å². The fraction of sp³-hybridized carbons (Fsp3) is 0. The Hall–Kier alpha value is -2.39. The maximum absolute atomic E-state index is 12.5. The second-order valence-corrected chi connectivity index (χ2v) is 6.16. The van der Waals surface area contributed by atoms with E-state index in [1.807, 2.05) is 0 Å². The molecule has 0 bridgehead atoms. The molecule has 2 aromatic rings. The van der Waals surface area contributed by atoms with Crippen molar-refractivity contribution in [1.82, 2.24) is 0 Å². The minimum Gasteiger partial charge on any atom is -0.288 e. The zero-order chi connectivity index (χ0) is 17.9. The van der Waals surface area contributed by atoms with E-state index in [1.54, 1.807) is 6.07 Å². The molecule has 0 N–H and O–H groups in total. The average molecular weight is 456 g/mol. The van der Waals surface area contributed by atoms with Crippen LogP contribution in [0.3, 0.4) is 0 Å². The minimum absolute atomic E-state index is 0.100. The van der Waals surface area contributed by atoms with Crippen LogP contribution in [0.5, 0.6) is 0 Å². The molecule has 2 rings (SSSR count). The van der Waals surface area contributed by atoms with Gasteiger partial charge in [-0.3, -0.25) is 25.0 Å². The van der Waals surface area contributed by atoms with E-state index in [2.05, 4.69) is 31.9 Å². The van der Waals surface area contributed by atoms with E-state index in [0.29, 0.717) is 10.0 Å². The number of nitro benzene ring substituents is 2. The molecule has 0 heterocycles. The van der Waals surface area contributed by atoms with Gasteiger partial charge in [-0.05, 0) is 37.4 Å². The fourth-order valence-electron chi connectivity index (χ4n) is 1.87. The number of carbonyl (C=O) groups is 1. The van der Waals surface area contributed by atoms with Gasteiger partial charge in [-0.2, -0.15) is 0 Å². The Kier molecular flexibility index (Phi) is 5.58. The highest BCUT2D eigenvalue weighted by Gasteiger charge is 2.18. The quantitative estimate of drug-likeness (QED) is 0.277. The lowest BCUT2D eigenvalue weighted by molar-refractivity contribution is -0.385. The van der Waals surface area contributed by atoms with Crippen LogP contribution < -0.4 is 0 Å². The molecular formula is C15H8Br2N2O5. The van der Waals surface area contributed by atoms with Gasteiger partial charge in [0.2, 0.25) is 5.78 Å². The number of nitrogens with zero attached hydrogens (tertiary/aromatic N) is 2. The molecule has 0 saturated carbocycles. The number of halogens is 2. The summed E-state index contributed by atoms with van der Waals surface area (Å²) >= 11 is 6.38. The highest BCUT2D eigenvalue weighted by atomic mass is 79.9. The fourth-order valence-corrected chi connectivity index (χ4v) is 2.75. The standard InChI is InChI=1S/C15H8Br2N2O5/c16-13(9-3-1-5-11(7-9)18(21)22)14(17)15(20)10-4-2-6-12(8-10)19(23)24/h1-8H/b14-13+. The van der Waals surface area contributed by atoms with Gasteiger partial charge in [0.1, 0.15) is 0 Å². The van der Waals surface area contributed by atoms with Crippen LogP contribution >= 0.6 is 31.9 Å². The van der Waals surface area contributed by atoms with Crippen LogP contribution in [0.2, 0.25) is 0 Å². The lowest BCUT2D eigenvalue weighted by Crippen LogP contribution is -2.01. The first-order valence-corrected chi connectivity index (χ1v) is 7.99. The highest BCUT2D eigenvalue weighted by Crippen LogP contribution is 2.32. The molecule has 2 aromatic carbocycles. The number of hydrogen-bond donors (Lipinski definition) is 0. The molecule has 24 heavy (non-hydrogen) atoms. The van der Waals surface area contributed by atoms with Crippen molar-refractivity contribution in [3.05, 3.63) is 84.4 Å². The van der Waals surface area contributed by atoms with E-state index in [1.165, 1.54) is 36.4 Å². The van der Waals surface area contributed by atoms with Crippen molar-refractivity contribution in [3.8, 4) is 0 Å². The van der Waals surface area contributed by atoms with E-state index in [-0.39, 0.29) is 21.4 Å². The number of carbonyl (C=O) groups excluding carboxylic acids is 1. The minimum atomic E-state index is -0.593. The second-order valence-electron chi connectivity index (χ2n) is 4.57. The Labute approximate surface area is 152 Å². The zero-order valence-electron chi connectivity index (χ0n) is 11.8. The first kappa shape index (κ1) is 18.0. The van der Waals surface area contributed by atoms with Gasteiger partial charge < -0.3 is 0 Å². The van der Waals surface area contributed by atoms with Crippen molar-refractivity contribution in [2.24, 2.45) is 0 Å². The highest BCUT2D eigenvalue weighted by molar-refractivity contribution is 9.16. The Morgan fingerprint density at radius 2 is 1.29 bits per heavy atom. The van der Waals surface area contributed by atoms with Crippen LogP contribution in [0, 0.1) is 20.2 Å². The van der Waals surface area contributed by atoms with E-state index in [0.717, 1.165) is 6.07 Å². The lowest BCUT2D eigenvalue weighted by Gasteiger charge is -2.05. The summed E-state index contributed by atoms with van der Waals surface area (Å²) in [5.41, 5.74) is 0.230. The molecule has 0 unspecified atom stereocenters. The molecule has 0 radical (unpaired) electrons. The maximum atomic E-state index is 12.5. The lowest BCUT2D eigenvalue weighted by atomic mass is 10.1. The largest absolute Gasteiger partial charge is 0.288 e. The van der Waals surface area contributed by atoms with Gasteiger partial charge in [0.15, 0.2) is 0 Å². The summed E-state index contributed by atoms with van der Waals surface area (Å²) in [4.78, 5) is 33.0. The molecule has 122 valence electrons. The van der Waals surface area contributed by atoms with Gasteiger partial charge in [-0.1, -0.05) is 24.3 Å². The van der Waals surface area contributed by atoms with Crippen LogP contribution in [-0.2, 0) is 0 Å². The molecule has 0 amide bonds. The summed E-state index contributed by atoms with van der Waals surface area (Å²) in [6.07, 6.45) is 0. The van der Waals surface area contributed by atoms with Crippen LogP contribution in [0.4, 0.5) is 11.4 Å². The van der Waals surface area contributed by atoms with E-state index in [4.69, 9.17) is 0 Å². The first-order chi connectivity index (χ1) is 11.3. The van der Waals surface area contributed by atoms with Crippen LogP contribution in [0.1, 0.15) is 15.9 Å². The third kappa shape index (κ3) is 3.92. The van der Waals surface area contributed by atoms with Gasteiger partial charge in [0, 0.05) is 34.3 Å². The number of non-ortho nitro benzene ring substituents is 2. The van der Waals surface area contributed by atoms with Gasteiger partial charge >= 0.3 is 0 Å². The number of nitro groups is 2. The molecule has 0 saturated heterocycles. The molecular weight excluding hydrogens is 448 g/mol. The normalized spacial score (nSPS) is 11.6. The number of rotatable bonds is 5. The molecule has 0 spiro atoms. The van der Waals surface area contributed by atoms with Crippen molar-refractivity contribution < 1.29 is 14.6 Å². The molecule has 0 fully saturated rings. The van der Waals surface area contributed by atoms with Gasteiger partial charge in [0.05, 0.1) is 14.3 Å². The number of benzene rings is 2. The molecule has 0 aliphatic heterocycles. The van der Waals surface area contributed by atoms with Gasteiger partial charge in [-0.15, -0.1) is 0 Å². The van der Waals surface area contributed by atoms with E-state index < -0.39 is 15.6 Å². The number of allylic oxidation sites excluding steroid dienone is 1. The summed E-state index contributed by atoms with van der Waals surface area (Å²) in [7, 11) is 0. The third-order valence-corrected chi connectivity index (χ3v) is 5.16. The smallest absolute Gasteiger partial charge is 0.270 e. The summed E-state index contributed by atoms with van der Waals surface area (Å²) in [6, 6.07) is 11.0. The van der Waals surface area contributed by atoms with Crippen LogP contribution in [0.15, 0.2) is 53.0 Å². The second kappa shape index (κ2) is 7.45. The monoisotopic (exact) mass is 454 g/mol. The van der Waals surface area contributed by atoms with E-state index >= 15 is 0 Å². The molecule has 0 atom stereocenters. The Bertz CT molecular complexity index is 880. The molecule has 0 aliphatic rings. The van der Waals surface area contributed by atoms with Crippen molar-refractivity contribution in [1.29, 1.82) is 0 Å². The maximum Gasteiger partial charge on any atom is 0.270 e. The number of Topliss-reactive ketones (excluding diaryl/α,β-unsaturated/α-hetero) is 1. The summed E-state index contributed by atoms with van der Waals surface area (Å²) in [6.45, 7) is 0. The average Bonchev–Trinajstić information content (AvgIpc) is 2.59. The number of ketones is 1. The van der Waals surface area contributed by atoms with E-state index in [9.17, 15) is 25.0 Å². The Morgan fingerprint density at radius 1 is 0.833 bits per heavy atom. The zero-order valence-corrected chi connectivity index (χ0v) is 15.0. The summed E-state index contributed by atoms with van der Waals surface area (Å²) < 4.78 is 0.409. The van der Waals surface area contributed by atoms with Gasteiger partial charge in [-0.25, -0.2) is 0 Å². The Balaban J connectivity index is 2.43. The predicted molar refractivity (Wildman–Crippen MR) is 95.3 cm³/mol. The van der Waals surface area contributed by atoms with Gasteiger partial charge in [0.25, 0.3) is 11.4 Å². The van der Waals surface area contributed by atoms with Crippen molar-refractivity contribution in [2.45, 2.75) is 0 Å². The molecule has 0 aliphatic carbocycles. The SMILES string of the molecule is O=C(/C(Br)=C(\Br)c1cccc([N+](=O)[O-])c1)c1cccc([N+](=O)[O-])c1. The van der Waals surface area contributed by atoms with Crippen molar-refractivity contribution in [2.75, 3.05) is 0 Å². The predicted octanol–water partition coefficient (Wildman–Crippen LogP) is 4.84. The third-order valence-electron chi connectivity index (χ3n) is 3.02. The van der Waals surface area contributed by atoms with Crippen molar-refractivity contribution >= 4 is 53.5 Å². The topological polar surface area (TPSA) is 103 Å². The summed E-state index contributed by atoms with van der Waals surface area (Å²) in [5.74, 6) is -0.489. The number of hydrogen-bond acceptors (Lipinski definition) is 5. The molecule has 0 aromatic heterocycles. The Morgan fingerprint density at radius 3 is 1.79 bits per heavy atom. The first-order valence-electron chi connectivity index (χ1n) is 6.40. The molecule has 7 nitrogen and oxygen atoms in total. The van der Waals surface area contributed by atoms with Crippen LogP contribution in [-0.4, -0.2) is 15.6 Å².